The molecule has 0 unspecified atom stereocenters. The van der Waals surface area contributed by atoms with Crippen molar-refractivity contribution in [3.8, 4) is 0 Å². The summed E-state index contributed by atoms with van der Waals surface area (Å²) in [5.74, 6) is 0.282. The first-order chi connectivity index (χ1) is 13.1. The summed E-state index contributed by atoms with van der Waals surface area (Å²) in [6, 6.07) is 7.85. The highest BCUT2D eigenvalue weighted by atomic mass is 32.2. The molecule has 0 radical (unpaired) electrons. The van der Waals surface area contributed by atoms with Crippen LogP contribution in [0.1, 0.15) is 64.8 Å². The van der Waals surface area contributed by atoms with Crippen molar-refractivity contribution in [2.75, 3.05) is 5.75 Å². The van der Waals surface area contributed by atoms with E-state index in [2.05, 4.69) is 12.2 Å². The zero-order valence-electron chi connectivity index (χ0n) is 16.2. The van der Waals surface area contributed by atoms with Gasteiger partial charge in [-0.3, -0.25) is 14.2 Å². The lowest BCUT2D eigenvalue weighted by Gasteiger charge is -2.26. The van der Waals surface area contributed by atoms with Crippen LogP contribution in [0.4, 0.5) is 0 Å². The van der Waals surface area contributed by atoms with E-state index in [1.54, 1.807) is 0 Å². The fourth-order valence-corrected chi connectivity index (χ4v) is 4.72. The van der Waals surface area contributed by atoms with E-state index < -0.39 is 0 Å². The van der Waals surface area contributed by atoms with Crippen molar-refractivity contribution in [3.63, 3.8) is 0 Å². The Balaban J connectivity index is 1.86. The Morgan fingerprint density at radius 1 is 1.30 bits per heavy atom. The van der Waals surface area contributed by atoms with Crippen LogP contribution in [0.25, 0.3) is 10.9 Å². The molecule has 0 spiro atoms. The molecule has 0 saturated heterocycles. The first-order valence-electron chi connectivity index (χ1n) is 10.0. The minimum atomic E-state index is -0.00134. The molecule has 1 aliphatic carbocycles. The van der Waals surface area contributed by atoms with Crippen LogP contribution in [0, 0.1) is 0 Å². The van der Waals surface area contributed by atoms with Crippen LogP contribution >= 0.6 is 11.8 Å². The van der Waals surface area contributed by atoms with Gasteiger partial charge in [-0.1, -0.05) is 56.5 Å². The van der Waals surface area contributed by atoms with Crippen molar-refractivity contribution >= 4 is 28.6 Å². The van der Waals surface area contributed by atoms with Crippen LogP contribution in [-0.2, 0) is 4.79 Å². The molecule has 1 aromatic carbocycles. The van der Waals surface area contributed by atoms with Gasteiger partial charge in [-0.2, -0.15) is 0 Å². The molecular formula is C21H29N3O2S. The van der Waals surface area contributed by atoms with Gasteiger partial charge in [0.2, 0.25) is 5.91 Å². The first-order valence-corrected chi connectivity index (χ1v) is 11.0. The first kappa shape index (κ1) is 19.9. The molecule has 1 fully saturated rings. The maximum atomic E-state index is 13.2. The fraction of sp³-hybridized carbons (Fsp3) is 0.571. The number of fused-ring (bicyclic) bond motifs is 1. The maximum absolute atomic E-state index is 13.2. The largest absolute Gasteiger partial charge is 0.353 e. The predicted octanol–water partition coefficient (Wildman–Crippen LogP) is 4.30. The zero-order chi connectivity index (χ0) is 19.2. The Kier molecular flexibility index (Phi) is 6.94. The molecular weight excluding hydrogens is 358 g/mol. The lowest BCUT2D eigenvalue weighted by Crippen LogP contribution is -2.34. The van der Waals surface area contributed by atoms with Crippen LogP contribution in [0.15, 0.2) is 34.2 Å². The number of nitrogens with zero attached hydrogens (tertiary/aromatic N) is 2. The SMILES string of the molecule is CCC[C@H](C)NC(=O)CSc1nc2ccccc2c(=O)n1C1CCCCC1. The Labute approximate surface area is 164 Å². The smallest absolute Gasteiger partial charge is 0.262 e. The quantitative estimate of drug-likeness (QED) is 0.568. The number of hydrogen-bond acceptors (Lipinski definition) is 4. The molecule has 1 heterocycles. The number of para-hydroxylation sites is 1. The Morgan fingerprint density at radius 3 is 2.78 bits per heavy atom. The highest BCUT2D eigenvalue weighted by Gasteiger charge is 2.22. The third kappa shape index (κ3) is 4.92. The van der Waals surface area contributed by atoms with E-state index >= 15 is 0 Å². The van der Waals surface area contributed by atoms with Crippen molar-refractivity contribution in [2.24, 2.45) is 0 Å². The van der Waals surface area contributed by atoms with E-state index in [0.717, 1.165) is 38.5 Å². The van der Waals surface area contributed by atoms with Crippen molar-refractivity contribution in [3.05, 3.63) is 34.6 Å². The molecule has 1 atom stereocenters. The summed E-state index contributed by atoms with van der Waals surface area (Å²) in [7, 11) is 0. The van der Waals surface area contributed by atoms with Gasteiger partial charge in [-0.15, -0.1) is 0 Å². The maximum Gasteiger partial charge on any atom is 0.262 e. The number of carbonyl (C=O) groups excluding carboxylic acids is 1. The lowest BCUT2D eigenvalue weighted by atomic mass is 9.95. The molecule has 5 nitrogen and oxygen atoms in total. The third-order valence-electron chi connectivity index (χ3n) is 5.18. The number of carbonyl (C=O) groups is 1. The highest BCUT2D eigenvalue weighted by molar-refractivity contribution is 7.99. The van der Waals surface area contributed by atoms with Gasteiger partial charge in [-0.05, 0) is 38.3 Å². The second-order valence-electron chi connectivity index (χ2n) is 7.42. The molecule has 0 bridgehead atoms. The van der Waals surface area contributed by atoms with Crippen molar-refractivity contribution in [1.82, 2.24) is 14.9 Å². The summed E-state index contributed by atoms with van der Waals surface area (Å²) < 4.78 is 1.86. The molecule has 1 N–H and O–H groups in total. The summed E-state index contributed by atoms with van der Waals surface area (Å²) >= 11 is 1.38. The van der Waals surface area contributed by atoms with Crippen molar-refractivity contribution in [2.45, 2.75) is 76.0 Å². The summed E-state index contributed by atoms with van der Waals surface area (Å²) in [5.41, 5.74) is 0.728. The van der Waals surface area contributed by atoms with Gasteiger partial charge in [0.25, 0.3) is 5.56 Å². The number of nitrogens with one attached hydrogen (secondary N) is 1. The van der Waals surface area contributed by atoms with E-state index in [0.29, 0.717) is 16.1 Å². The predicted molar refractivity (Wildman–Crippen MR) is 111 cm³/mol. The molecule has 6 heteroatoms. The van der Waals surface area contributed by atoms with E-state index in [1.807, 2.05) is 35.8 Å². The van der Waals surface area contributed by atoms with E-state index in [-0.39, 0.29) is 29.3 Å². The van der Waals surface area contributed by atoms with Crippen molar-refractivity contribution < 1.29 is 4.79 Å². The molecule has 1 amide bonds. The van der Waals surface area contributed by atoms with Crippen LogP contribution in [0.3, 0.4) is 0 Å². The molecule has 27 heavy (non-hydrogen) atoms. The fourth-order valence-electron chi connectivity index (χ4n) is 3.84. The molecule has 3 rings (SSSR count). The van der Waals surface area contributed by atoms with E-state index in [9.17, 15) is 9.59 Å². The minimum absolute atomic E-state index is 0.00134. The van der Waals surface area contributed by atoms with Crippen LogP contribution in [-0.4, -0.2) is 27.3 Å². The highest BCUT2D eigenvalue weighted by Crippen LogP contribution is 2.31. The van der Waals surface area contributed by atoms with Crippen LogP contribution < -0.4 is 10.9 Å². The number of hydrogen-bond donors (Lipinski definition) is 1. The van der Waals surface area contributed by atoms with Gasteiger partial charge in [0.05, 0.1) is 16.7 Å². The van der Waals surface area contributed by atoms with Crippen LogP contribution in [0.5, 0.6) is 0 Å². The minimum Gasteiger partial charge on any atom is -0.353 e. The monoisotopic (exact) mass is 387 g/mol. The summed E-state index contributed by atoms with van der Waals surface area (Å²) in [5, 5.41) is 4.36. The molecule has 146 valence electrons. The number of thioether (sulfide) groups is 1. The normalized spacial score (nSPS) is 16.4. The summed E-state index contributed by atoms with van der Waals surface area (Å²) in [6.07, 6.45) is 7.54. The van der Waals surface area contributed by atoms with Gasteiger partial charge < -0.3 is 5.32 Å². The molecule has 1 saturated carbocycles. The summed E-state index contributed by atoms with van der Waals surface area (Å²) in [6.45, 7) is 4.14. The topological polar surface area (TPSA) is 64.0 Å². The summed E-state index contributed by atoms with van der Waals surface area (Å²) in [4.78, 5) is 30.2. The van der Waals surface area contributed by atoms with Gasteiger partial charge in [0.1, 0.15) is 0 Å². The van der Waals surface area contributed by atoms with Crippen molar-refractivity contribution in [1.29, 1.82) is 0 Å². The van der Waals surface area contributed by atoms with E-state index in [4.69, 9.17) is 4.98 Å². The standard InChI is InChI=1S/C21H29N3O2S/c1-3-9-15(2)22-19(25)14-27-21-23-18-13-8-7-12-17(18)20(26)24(21)16-10-5-4-6-11-16/h7-8,12-13,15-16H,3-6,9-11,14H2,1-2H3,(H,22,25)/t15-/m0/s1. The average Bonchev–Trinajstić information content (AvgIpc) is 2.67. The average molecular weight is 388 g/mol. The Bertz CT molecular complexity index is 843. The molecule has 0 aliphatic heterocycles. The van der Waals surface area contributed by atoms with Gasteiger partial charge in [0, 0.05) is 12.1 Å². The Hall–Kier alpha value is -1.82. The number of rotatable bonds is 7. The van der Waals surface area contributed by atoms with Gasteiger partial charge in [-0.25, -0.2) is 4.98 Å². The van der Waals surface area contributed by atoms with E-state index in [1.165, 1.54) is 18.2 Å². The third-order valence-corrected chi connectivity index (χ3v) is 6.13. The molecule has 1 aromatic heterocycles. The Morgan fingerprint density at radius 2 is 2.04 bits per heavy atom. The zero-order valence-corrected chi connectivity index (χ0v) is 17.1. The second kappa shape index (κ2) is 9.40. The number of benzene rings is 1. The van der Waals surface area contributed by atoms with Gasteiger partial charge in [0.15, 0.2) is 5.16 Å². The lowest BCUT2D eigenvalue weighted by molar-refractivity contribution is -0.119. The second-order valence-corrected chi connectivity index (χ2v) is 8.37. The molecule has 1 aliphatic rings. The number of aromatic nitrogens is 2. The van der Waals surface area contributed by atoms with Crippen LogP contribution in [0.2, 0.25) is 0 Å². The number of amides is 1. The molecule has 2 aromatic rings. The van der Waals surface area contributed by atoms with Gasteiger partial charge >= 0.3 is 0 Å².